The molecular weight excluding hydrogens is 260 g/mol. The number of aromatic amines is 1. The highest BCUT2D eigenvalue weighted by Gasteiger charge is 2.09. The molecule has 2 rings (SSSR count). The third kappa shape index (κ3) is 2.50. The number of H-pyrrole nitrogens is 1. The maximum Gasteiger partial charge on any atom is 0.328 e. The van der Waals surface area contributed by atoms with Crippen molar-refractivity contribution in [1.29, 1.82) is 0 Å². The standard InChI is InChI=1S/C11H11ClN2O2S/c1-2-5-14-7(6-10(15)13-11(14)16)8-3-4-9(12)17-8/h3-4,6H,2,5H2,1H3,(H,13,15,16). The van der Waals surface area contributed by atoms with Gasteiger partial charge in [-0.05, 0) is 18.6 Å². The van der Waals surface area contributed by atoms with E-state index in [0.29, 0.717) is 16.6 Å². The summed E-state index contributed by atoms with van der Waals surface area (Å²) >= 11 is 7.22. The summed E-state index contributed by atoms with van der Waals surface area (Å²) in [6.07, 6.45) is 0.818. The first-order valence-corrected chi connectivity index (χ1v) is 6.41. The van der Waals surface area contributed by atoms with Crippen molar-refractivity contribution in [2.75, 3.05) is 0 Å². The molecule has 0 fully saturated rings. The molecule has 1 N–H and O–H groups in total. The molecule has 0 amide bonds. The van der Waals surface area contributed by atoms with Gasteiger partial charge in [-0.1, -0.05) is 18.5 Å². The van der Waals surface area contributed by atoms with E-state index in [9.17, 15) is 9.59 Å². The van der Waals surface area contributed by atoms with Crippen molar-refractivity contribution < 1.29 is 0 Å². The second-order valence-corrected chi connectivity index (χ2v) is 5.29. The monoisotopic (exact) mass is 270 g/mol. The smallest absolute Gasteiger partial charge is 0.293 e. The Bertz CT molecular complexity index is 641. The summed E-state index contributed by atoms with van der Waals surface area (Å²) in [5, 5.41) is 0. The zero-order valence-corrected chi connectivity index (χ0v) is 10.8. The Kier molecular flexibility index (Phi) is 3.49. The van der Waals surface area contributed by atoms with E-state index in [-0.39, 0.29) is 11.2 Å². The van der Waals surface area contributed by atoms with Crippen LogP contribution < -0.4 is 11.2 Å². The van der Waals surface area contributed by atoms with Gasteiger partial charge in [0.25, 0.3) is 5.56 Å². The Labute approximate surface area is 106 Å². The third-order valence-electron chi connectivity index (χ3n) is 2.31. The molecule has 0 unspecified atom stereocenters. The summed E-state index contributed by atoms with van der Waals surface area (Å²) in [5.74, 6) is 0. The molecule has 90 valence electrons. The fourth-order valence-corrected chi connectivity index (χ4v) is 2.69. The lowest BCUT2D eigenvalue weighted by Gasteiger charge is -2.08. The molecule has 0 saturated carbocycles. The molecule has 0 radical (unpaired) electrons. The first kappa shape index (κ1) is 12.1. The van der Waals surface area contributed by atoms with E-state index >= 15 is 0 Å². The predicted molar refractivity (Wildman–Crippen MR) is 69.9 cm³/mol. The van der Waals surface area contributed by atoms with E-state index in [1.165, 1.54) is 17.4 Å². The van der Waals surface area contributed by atoms with Crippen LogP contribution in [0, 0.1) is 0 Å². The van der Waals surface area contributed by atoms with Crippen molar-refractivity contribution in [3.63, 3.8) is 0 Å². The number of nitrogens with zero attached hydrogens (tertiary/aromatic N) is 1. The summed E-state index contributed by atoms with van der Waals surface area (Å²) in [6.45, 7) is 2.54. The highest BCUT2D eigenvalue weighted by molar-refractivity contribution is 7.19. The molecule has 0 aliphatic heterocycles. The van der Waals surface area contributed by atoms with Crippen molar-refractivity contribution in [3.8, 4) is 10.6 Å². The Morgan fingerprint density at radius 2 is 2.18 bits per heavy atom. The fourth-order valence-electron chi connectivity index (χ4n) is 1.62. The summed E-state index contributed by atoms with van der Waals surface area (Å²) in [4.78, 5) is 26.2. The van der Waals surface area contributed by atoms with Gasteiger partial charge in [0.15, 0.2) is 0 Å². The minimum absolute atomic E-state index is 0.376. The number of hydrogen-bond acceptors (Lipinski definition) is 3. The number of aromatic nitrogens is 2. The minimum atomic E-state index is -0.387. The zero-order chi connectivity index (χ0) is 12.4. The quantitative estimate of drug-likeness (QED) is 0.931. The van der Waals surface area contributed by atoms with Crippen LogP contribution in [0.2, 0.25) is 4.34 Å². The lowest BCUT2D eigenvalue weighted by Crippen LogP contribution is -2.30. The van der Waals surface area contributed by atoms with Crippen LogP contribution in [-0.4, -0.2) is 9.55 Å². The molecule has 0 saturated heterocycles. The molecule has 0 atom stereocenters. The van der Waals surface area contributed by atoms with Gasteiger partial charge in [0, 0.05) is 12.6 Å². The number of rotatable bonds is 3. The van der Waals surface area contributed by atoms with Crippen molar-refractivity contribution in [1.82, 2.24) is 9.55 Å². The molecule has 0 aromatic carbocycles. The number of hydrogen-bond donors (Lipinski definition) is 1. The predicted octanol–water partition coefficient (Wildman–Crippen LogP) is 2.33. The molecule has 2 aromatic rings. The molecule has 0 aliphatic rings. The Morgan fingerprint density at radius 3 is 2.76 bits per heavy atom. The van der Waals surface area contributed by atoms with Gasteiger partial charge in [-0.3, -0.25) is 14.3 Å². The fraction of sp³-hybridized carbons (Fsp3) is 0.273. The van der Waals surface area contributed by atoms with Gasteiger partial charge in [0.05, 0.1) is 14.9 Å². The molecule has 2 heterocycles. The van der Waals surface area contributed by atoms with Crippen LogP contribution in [0.5, 0.6) is 0 Å². The largest absolute Gasteiger partial charge is 0.328 e. The van der Waals surface area contributed by atoms with Gasteiger partial charge < -0.3 is 0 Å². The Hall–Kier alpha value is -1.33. The first-order chi connectivity index (χ1) is 8.11. The lowest BCUT2D eigenvalue weighted by molar-refractivity contribution is 0.640. The van der Waals surface area contributed by atoms with E-state index in [2.05, 4.69) is 4.98 Å². The van der Waals surface area contributed by atoms with Crippen molar-refractivity contribution in [2.24, 2.45) is 0 Å². The minimum Gasteiger partial charge on any atom is -0.293 e. The summed E-state index contributed by atoms with van der Waals surface area (Å²) in [7, 11) is 0. The average molecular weight is 271 g/mol. The number of thiophene rings is 1. The van der Waals surface area contributed by atoms with Crippen LogP contribution in [0.4, 0.5) is 0 Å². The maximum atomic E-state index is 11.7. The van der Waals surface area contributed by atoms with Crippen LogP contribution in [0.25, 0.3) is 10.6 Å². The number of halogens is 1. The topological polar surface area (TPSA) is 54.9 Å². The van der Waals surface area contributed by atoms with E-state index < -0.39 is 0 Å². The molecule has 4 nitrogen and oxygen atoms in total. The third-order valence-corrected chi connectivity index (χ3v) is 3.56. The normalized spacial score (nSPS) is 10.7. The van der Waals surface area contributed by atoms with Gasteiger partial charge in [-0.15, -0.1) is 11.3 Å². The van der Waals surface area contributed by atoms with Gasteiger partial charge >= 0.3 is 5.69 Å². The first-order valence-electron chi connectivity index (χ1n) is 5.21. The zero-order valence-electron chi connectivity index (χ0n) is 9.20. The summed E-state index contributed by atoms with van der Waals surface area (Å²) in [5.41, 5.74) is -0.141. The molecule has 0 spiro atoms. The van der Waals surface area contributed by atoms with Crippen molar-refractivity contribution in [2.45, 2.75) is 19.9 Å². The van der Waals surface area contributed by atoms with Gasteiger partial charge in [0.1, 0.15) is 0 Å². The second-order valence-electron chi connectivity index (χ2n) is 3.58. The molecular formula is C11H11ClN2O2S. The highest BCUT2D eigenvalue weighted by Crippen LogP contribution is 2.29. The SMILES string of the molecule is CCCn1c(-c2ccc(Cl)s2)cc(=O)[nH]c1=O. The lowest BCUT2D eigenvalue weighted by atomic mass is 10.3. The summed E-state index contributed by atoms with van der Waals surface area (Å²) in [6, 6.07) is 5.00. The van der Waals surface area contributed by atoms with Crippen molar-refractivity contribution in [3.05, 3.63) is 43.4 Å². The highest BCUT2D eigenvalue weighted by atomic mass is 35.5. The van der Waals surface area contributed by atoms with E-state index in [1.807, 2.05) is 13.0 Å². The molecule has 2 aromatic heterocycles. The average Bonchev–Trinajstić information content (AvgIpc) is 2.68. The van der Waals surface area contributed by atoms with Gasteiger partial charge in [0.2, 0.25) is 0 Å². The van der Waals surface area contributed by atoms with Crippen LogP contribution in [0.15, 0.2) is 27.8 Å². The Balaban J connectivity index is 2.66. The van der Waals surface area contributed by atoms with Crippen LogP contribution in [0.3, 0.4) is 0 Å². The number of nitrogens with one attached hydrogen (secondary N) is 1. The second kappa shape index (κ2) is 4.89. The van der Waals surface area contributed by atoms with Gasteiger partial charge in [-0.2, -0.15) is 0 Å². The maximum absolute atomic E-state index is 11.7. The van der Waals surface area contributed by atoms with Crippen LogP contribution >= 0.6 is 22.9 Å². The Morgan fingerprint density at radius 1 is 1.41 bits per heavy atom. The summed E-state index contributed by atoms with van der Waals surface area (Å²) < 4.78 is 2.19. The van der Waals surface area contributed by atoms with Gasteiger partial charge in [-0.25, -0.2) is 4.79 Å². The van der Waals surface area contributed by atoms with E-state index in [1.54, 1.807) is 10.6 Å². The van der Waals surface area contributed by atoms with Crippen molar-refractivity contribution >= 4 is 22.9 Å². The van der Waals surface area contributed by atoms with Crippen LogP contribution in [-0.2, 0) is 6.54 Å². The molecule has 0 bridgehead atoms. The van der Waals surface area contributed by atoms with E-state index in [4.69, 9.17) is 11.6 Å². The van der Waals surface area contributed by atoms with E-state index in [0.717, 1.165) is 11.3 Å². The molecule has 6 heteroatoms. The van der Waals surface area contributed by atoms with Crippen LogP contribution in [0.1, 0.15) is 13.3 Å². The molecule has 17 heavy (non-hydrogen) atoms. The molecule has 0 aliphatic carbocycles.